The van der Waals surface area contributed by atoms with Crippen LogP contribution < -0.4 is 5.73 Å². The molecule has 0 aromatic heterocycles. The van der Waals surface area contributed by atoms with E-state index in [1.807, 2.05) is 0 Å². The minimum absolute atomic E-state index is 0.284. The highest BCUT2D eigenvalue weighted by molar-refractivity contribution is 5.68. The van der Waals surface area contributed by atoms with Gasteiger partial charge in [-0.15, -0.1) is 0 Å². The Morgan fingerprint density at radius 3 is 2.36 bits per heavy atom. The van der Waals surface area contributed by atoms with E-state index in [4.69, 9.17) is 15.2 Å². The lowest BCUT2D eigenvalue weighted by atomic mass is 10.2. The van der Waals surface area contributed by atoms with Crippen molar-refractivity contribution < 1.29 is 18.7 Å². The molecule has 1 aromatic rings. The number of halogens is 1. The van der Waals surface area contributed by atoms with Crippen LogP contribution in [0.3, 0.4) is 0 Å². The molecular formula is C16H25FN2O3. The predicted octanol–water partition coefficient (Wildman–Crippen LogP) is 2.54. The van der Waals surface area contributed by atoms with Crippen molar-refractivity contribution >= 4 is 6.09 Å². The summed E-state index contributed by atoms with van der Waals surface area (Å²) in [5.74, 6) is -0.315. The van der Waals surface area contributed by atoms with Crippen molar-refractivity contribution in [1.29, 1.82) is 0 Å². The topological polar surface area (TPSA) is 64.8 Å². The van der Waals surface area contributed by atoms with Gasteiger partial charge in [0.1, 0.15) is 11.4 Å². The molecule has 0 aliphatic carbocycles. The molecule has 22 heavy (non-hydrogen) atoms. The van der Waals surface area contributed by atoms with E-state index in [2.05, 4.69) is 0 Å². The van der Waals surface area contributed by atoms with E-state index in [0.717, 1.165) is 5.56 Å². The highest BCUT2D eigenvalue weighted by atomic mass is 19.1. The molecule has 1 amide bonds. The number of nitrogens with two attached hydrogens (primary N) is 1. The van der Waals surface area contributed by atoms with Gasteiger partial charge in [0.05, 0.1) is 12.6 Å². The lowest BCUT2D eigenvalue weighted by molar-refractivity contribution is 0.00757. The largest absolute Gasteiger partial charge is 0.444 e. The molecule has 0 saturated heterocycles. The molecule has 0 spiro atoms. The number of benzene rings is 1. The van der Waals surface area contributed by atoms with Gasteiger partial charge in [0.25, 0.3) is 0 Å². The molecule has 1 atom stereocenters. The van der Waals surface area contributed by atoms with Gasteiger partial charge in [0, 0.05) is 20.2 Å². The third-order valence-corrected chi connectivity index (χ3v) is 2.96. The Bertz CT molecular complexity index is 467. The lowest BCUT2D eigenvalue weighted by Crippen LogP contribution is -2.43. The fourth-order valence-corrected chi connectivity index (χ4v) is 1.83. The molecule has 6 heteroatoms. The Kier molecular flexibility index (Phi) is 6.77. The number of amides is 1. The van der Waals surface area contributed by atoms with Crippen molar-refractivity contribution in [3.05, 3.63) is 35.6 Å². The zero-order valence-corrected chi connectivity index (χ0v) is 13.6. The van der Waals surface area contributed by atoms with Crippen LogP contribution in [-0.2, 0) is 16.0 Å². The molecule has 1 unspecified atom stereocenters. The Morgan fingerprint density at radius 2 is 1.91 bits per heavy atom. The molecule has 2 N–H and O–H groups in total. The zero-order chi connectivity index (χ0) is 16.8. The van der Waals surface area contributed by atoms with E-state index in [1.54, 1.807) is 40.0 Å². The minimum Gasteiger partial charge on any atom is -0.444 e. The quantitative estimate of drug-likeness (QED) is 0.876. The summed E-state index contributed by atoms with van der Waals surface area (Å²) in [6.45, 7) is 6.31. The highest BCUT2D eigenvalue weighted by Gasteiger charge is 2.24. The highest BCUT2D eigenvalue weighted by Crippen LogP contribution is 2.14. The molecule has 1 aromatic carbocycles. The number of carbonyl (C=O) groups is 1. The second kappa shape index (κ2) is 8.10. The number of rotatable bonds is 6. The van der Waals surface area contributed by atoms with Crippen molar-refractivity contribution in [3.8, 4) is 0 Å². The van der Waals surface area contributed by atoms with Gasteiger partial charge in [-0.05, 0) is 38.5 Å². The van der Waals surface area contributed by atoms with Crippen molar-refractivity contribution in [2.75, 3.05) is 20.2 Å². The number of hydrogen-bond acceptors (Lipinski definition) is 4. The molecule has 0 fully saturated rings. The van der Waals surface area contributed by atoms with Crippen LogP contribution in [0.4, 0.5) is 9.18 Å². The summed E-state index contributed by atoms with van der Waals surface area (Å²) in [5, 5.41) is 0. The number of methoxy groups -OCH3 is 1. The van der Waals surface area contributed by atoms with E-state index >= 15 is 0 Å². The fraction of sp³-hybridized carbons (Fsp3) is 0.562. The van der Waals surface area contributed by atoms with E-state index in [1.165, 1.54) is 17.0 Å². The second-order valence-corrected chi connectivity index (χ2v) is 6.08. The van der Waals surface area contributed by atoms with Gasteiger partial charge in [0.15, 0.2) is 0 Å². The molecule has 5 nitrogen and oxygen atoms in total. The van der Waals surface area contributed by atoms with Crippen LogP contribution in [0.25, 0.3) is 0 Å². The average molecular weight is 312 g/mol. The maximum Gasteiger partial charge on any atom is 0.410 e. The van der Waals surface area contributed by atoms with E-state index in [9.17, 15) is 9.18 Å². The van der Waals surface area contributed by atoms with Gasteiger partial charge in [-0.2, -0.15) is 0 Å². The number of hydrogen-bond donors (Lipinski definition) is 1. The summed E-state index contributed by atoms with van der Waals surface area (Å²) in [4.78, 5) is 13.8. The summed E-state index contributed by atoms with van der Waals surface area (Å²) in [7, 11) is 1.54. The molecule has 0 bridgehead atoms. The summed E-state index contributed by atoms with van der Waals surface area (Å²) in [6.07, 6.45) is -0.736. The molecule has 0 saturated carbocycles. The molecule has 0 radical (unpaired) electrons. The van der Waals surface area contributed by atoms with E-state index in [-0.39, 0.29) is 11.9 Å². The zero-order valence-electron chi connectivity index (χ0n) is 13.6. The number of nitrogens with zero attached hydrogens (tertiary/aromatic N) is 1. The summed E-state index contributed by atoms with van der Waals surface area (Å²) in [6, 6.07) is 5.99. The van der Waals surface area contributed by atoms with Crippen molar-refractivity contribution in [2.45, 2.75) is 39.0 Å². The summed E-state index contributed by atoms with van der Waals surface area (Å²) < 4.78 is 23.6. The molecule has 124 valence electrons. The van der Waals surface area contributed by atoms with Crippen molar-refractivity contribution in [2.24, 2.45) is 5.73 Å². The third kappa shape index (κ3) is 6.41. The van der Waals surface area contributed by atoms with E-state index in [0.29, 0.717) is 19.6 Å². The molecule has 1 rings (SSSR count). The van der Waals surface area contributed by atoms with Gasteiger partial charge >= 0.3 is 6.09 Å². The SMILES string of the molecule is COC(CN)CN(Cc1ccc(F)cc1)C(=O)OC(C)(C)C. The average Bonchev–Trinajstić information content (AvgIpc) is 2.43. The first-order chi connectivity index (χ1) is 10.2. The maximum atomic E-state index is 13.0. The van der Waals surface area contributed by atoms with Crippen LogP contribution in [0.5, 0.6) is 0 Å². The summed E-state index contributed by atoms with van der Waals surface area (Å²) >= 11 is 0. The first-order valence-corrected chi connectivity index (χ1v) is 7.20. The Morgan fingerprint density at radius 1 is 1.32 bits per heavy atom. The predicted molar refractivity (Wildman–Crippen MR) is 82.9 cm³/mol. The Balaban J connectivity index is 2.85. The fourth-order valence-electron chi connectivity index (χ4n) is 1.83. The Hall–Kier alpha value is -1.66. The van der Waals surface area contributed by atoms with Crippen LogP contribution in [-0.4, -0.2) is 42.9 Å². The van der Waals surface area contributed by atoms with Crippen LogP contribution in [0.15, 0.2) is 24.3 Å². The van der Waals surface area contributed by atoms with E-state index < -0.39 is 11.7 Å². The van der Waals surface area contributed by atoms with Gasteiger partial charge in [-0.3, -0.25) is 0 Å². The van der Waals surface area contributed by atoms with Crippen LogP contribution in [0, 0.1) is 5.82 Å². The number of ether oxygens (including phenoxy) is 2. The summed E-state index contributed by atoms with van der Waals surface area (Å²) in [5.41, 5.74) is 5.83. The van der Waals surface area contributed by atoms with Crippen molar-refractivity contribution in [1.82, 2.24) is 4.90 Å². The van der Waals surface area contributed by atoms with Gasteiger partial charge in [-0.25, -0.2) is 9.18 Å². The molecule has 0 aliphatic heterocycles. The first-order valence-electron chi connectivity index (χ1n) is 7.20. The number of carbonyl (C=O) groups excluding carboxylic acids is 1. The molecule has 0 heterocycles. The first kappa shape index (κ1) is 18.4. The second-order valence-electron chi connectivity index (χ2n) is 6.08. The van der Waals surface area contributed by atoms with Crippen molar-refractivity contribution in [3.63, 3.8) is 0 Å². The standard InChI is InChI=1S/C16H25FN2O3/c1-16(2,3)22-15(20)19(11-14(9-18)21-4)10-12-5-7-13(17)8-6-12/h5-8,14H,9-11,18H2,1-4H3. The normalized spacial score (nSPS) is 12.8. The Labute approximate surface area is 131 Å². The maximum absolute atomic E-state index is 13.0. The lowest BCUT2D eigenvalue weighted by Gasteiger charge is -2.29. The molecule has 0 aliphatic rings. The van der Waals surface area contributed by atoms with Gasteiger partial charge in [-0.1, -0.05) is 12.1 Å². The van der Waals surface area contributed by atoms with Crippen LogP contribution in [0.2, 0.25) is 0 Å². The monoisotopic (exact) mass is 312 g/mol. The van der Waals surface area contributed by atoms with Crippen LogP contribution in [0.1, 0.15) is 26.3 Å². The molecular weight excluding hydrogens is 287 g/mol. The smallest absolute Gasteiger partial charge is 0.410 e. The van der Waals surface area contributed by atoms with Gasteiger partial charge < -0.3 is 20.1 Å². The third-order valence-electron chi connectivity index (χ3n) is 2.96. The minimum atomic E-state index is -0.594. The van der Waals surface area contributed by atoms with Gasteiger partial charge in [0.2, 0.25) is 0 Å². The van der Waals surface area contributed by atoms with Crippen LogP contribution >= 0.6 is 0 Å².